The van der Waals surface area contributed by atoms with Gasteiger partial charge in [-0.2, -0.15) is 5.10 Å². The Labute approximate surface area is 93.1 Å². The maximum Gasteiger partial charge on any atom is 0.222 e. The lowest BCUT2D eigenvalue weighted by Crippen LogP contribution is -2.06. The quantitative estimate of drug-likeness (QED) is 0.826. The number of hydrogen-bond donors (Lipinski definition) is 1. The van der Waals surface area contributed by atoms with Gasteiger partial charge in [-0.25, -0.2) is 4.98 Å². The van der Waals surface area contributed by atoms with E-state index in [1.807, 2.05) is 25.4 Å². The van der Waals surface area contributed by atoms with Crippen molar-refractivity contribution in [2.24, 2.45) is 7.05 Å². The van der Waals surface area contributed by atoms with Gasteiger partial charge in [0.15, 0.2) is 0 Å². The molecule has 1 amide bonds. The summed E-state index contributed by atoms with van der Waals surface area (Å²) in [7, 11) is 1.86. The van der Waals surface area contributed by atoms with E-state index in [-0.39, 0.29) is 5.91 Å². The van der Waals surface area contributed by atoms with E-state index in [9.17, 15) is 4.79 Å². The highest BCUT2D eigenvalue weighted by Crippen LogP contribution is 2.16. The molecular weight excluding hydrogens is 204 g/mol. The Morgan fingerprint density at radius 3 is 2.69 bits per heavy atom. The molecule has 0 spiro atoms. The molecular formula is C11H12N4O. The van der Waals surface area contributed by atoms with Crippen LogP contribution in [-0.4, -0.2) is 20.7 Å². The van der Waals surface area contributed by atoms with Crippen LogP contribution >= 0.6 is 0 Å². The first-order valence-electron chi connectivity index (χ1n) is 4.89. The molecule has 0 aromatic carbocycles. The van der Waals surface area contributed by atoms with Crippen LogP contribution in [0.3, 0.4) is 0 Å². The molecule has 0 bridgehead atoms. The van der Waals surface area contributed by atoms with Gasteiger partial charge < -0.3 is 5.32 Å². The minimum atomic E-state index is -0.127. The molecule has 5 heteroatoms. The lowest BCUT2D eigenvalue weighted by atomic mass is 10.2. The standard InChI is InChI=1S/C11H12N4O/c1-8(16)13-11-4-3-9(7-12-11)10-5-6-15(2)14-10/h3-7H,1-2H3,(H,12,13,16). The summed E-state index contributed by atoms with van der Waals surface area (Å²) in [5.74, 6) is 0.422. The molecule has 0 saturated heterocycles. The van der Waals surface area contributed by atoms with Crippen molar-refractivity contribution in [3.63, 3.8) is 0 Å². The molecule has 2 aromatic rings. The minimum absolute atomic E-state index is 0.127. The number of rotatable bonds is 2. The third kappa shape index (κ3) is 2.25. The Hall–Kier alpha value is -2.17. The Morgan fingerprint density at radius 2 is 2.19 bits per heavy atom. The van der Waals surface area contributed by atoms with Crippen molar-refractivity contribution in [1.82, 2.24) is 14.8 Å². The zero-order valence-corrected chi connectivity index (χ0v) is 9.14. The Morgan fingerprint density at radius 1 is 1.38 bits per heavy atom. The largest absolute Gasteiger partial charge is 0.311 e. The van der Waals surface area contributed by atoms with Crippen LogP contribution in [0.1, 0.15) is 6.92 Å². The number of pyridine rings is 1. The number of amides is 1. The smallest absolute Gasteiger partial charge is 0.222 e. The summed E-state index contributed by atoms with van der Waals surface area (Å²) in [6, 6.07) is 5.54. The van der Waals surface area contributed by atoms with E-state index >= 15 is 0 Å². The molecule has 2 rings (SSSR count). The Balaban J connectivity index is 2.22. The predicted octanol–water partition coefficient (Wildman–Crippen LogP) is 1.44. The number of carbonyl (C=O) groups excluding carboxylic acids is 1. The molecule has 16 heavy (non-hydrogen) atoms. The molecule has 0 unspecified atom stereocenters. The van der Waals surface area contributed by atoms with Crippen molar-refractivity contribution in [1.29, 1.82) is 0 Å². The lowest BCUT2D eigenvalue weighted by Gasteiger charge is -2.01. The first-order valence-corrected chi connectivity index (χ1v) is 4.89. The van der Waals surface area contributed by atoms with Crippen LogP contribution in [0.4, 0.5) is 5.82 Å². The number of aryl methyl sites for hydroxylation is 1. The van der Waals surface area contributed by atoms with Crippen molar-refractivity contribution in [3.8, 4) is 11.3 Å². The van der Waals surface area contributed by atoms with Gasteiger partial charge in [0, 0.05) is 31.9 Å². The number of carbonyl (C=O) groups is 1. The van der Waals surface area contributed by atoms with Crippen LogP contribution in [-0.2, 0) is 11.8 Å². The van der Waals surface area contributed by atoms with E-state index < -0.39 is 0 Å². The van der Waals surface area contributed by atoms with Crippen LogP contribution in [0.2, 0.25) is 0 Å². The molecule has 2 aromatic heterocycles. The zero-order valence-electron chi connectivity index (χ0n) is 9.14. The van der Waals surface area contributed by atoms with Crippen molar-refractivity contribution in [3.05, 3.63) is 30.6 Å². The average Bonchev–Trinajstić information content (AvgIpc) is 2.65. The number of anilines is 1. The van der Waals surface area contributed by atoms with Crippen LogP contribution < -0.4 is 5.32 Å². The summed E-state index contributed by atoms with van der Waals surface area (Å²) in [6.45, 7) is 1.45. The number of hydrogen-bond acceptors (Lipinski definition) is 3. The van der Waals surface area contributed by atoms with Crippen LogP contribution in [0.25, 0.3) is 11.3 Å². The summed E-state index contributed by atoms with van der Waals surface area (Å²) >= 11 is 0. The van der Waals surface area contributed by atoms with Crippen LogP contribution in [0, 0.1) is 0 Å². The number of nitrogens with one attached hydrogen (secondary N) is 1. The first-order chi connectivity index (χ1) is 7.65. The van der Waals surface area contributed by atoms with Gasteiger partial charge in [-0.15, -0.1) is 0 Å². The summed E-state index contributed by atoms with van der Waals surface area (Å²) in [5.41, 5.74) is 1.79. The van der Waals surface area contributed by atoms with Gasteiger partial charge in [0.05, 0.1) is 5.69 Å². The highest BCUT2D eigenvalue weighted by atomic mass is 16.1. The van der Waals surface area contributed by atoms with Crippen molar-refractivity contribution in [2.75, 3.05) is 5.32 Å². The van der Waals surface area contributed by atoms with Gasteiger partial charge in [0.2, 0.25) is 5.91 Å². The van der Waals surface area contributed by atoms with E-state index in [1.54, 1.807) is 16.9 Å². The van der Waals surface area contributed by atoms with Crippen molar-refractivity contribution >= 4 is 11.7 Å². The third-order valence-electron chi connectivity index (χ3n) is 2.08. The molecule has 0 radical (unpaired) electrons. The second kappa shape index (κ2) is 4.14. The summed E-state index contributed by atoms with van der Waals surface area (Å²) in [5, 5.41) is 6.87. The third-order valence-corrected chi connectivity index (χ3v) is 2.08. The highest BCUT2D eigenvalue weighted by molar-refractivity contribution is 5.87. The molecule has 82 valence electrons. The number of nitrogens with zero attached hydrogens (tertiary/aromatic N) is 3. The topological polar surface area (TPSA) is 59.8 Å². The van der Waals surface area contributed by atoms with Gasteiger partial charge in [-0.05, 0) is 18.2 Å². The molecule has 5 nitrogen and oxygen atoms in total. The second-order valence-corrected chi connectivity index (χ2v) is 3.49. The van der Waals surface area contributed by atoms with Crippen molar-refractivity contribution < 1.29 is 4.79 Å². The van der Waals surface area contributed by atoms with E-state index in [4.69, 9.17) is 0 Å². The highest BCUT2D eigenvalue weighted by Gasteiger charge is 2.02. The molecule has 2 heterocycles. The maximum atomic E-state index is 10.8. The SMILES string of the molecule is CC(=O)Nc1ccc(-c2ccn(C)n2)cn1. The Kier molecular flexibility index (Phi) is 2.68. The summed E-state index contributed by atoms with van der Waals surface area (Å²) in [6.07, 6.45) is 3.56. The molecule has 0 aliphatic carbocycles. The number of aromatic nitrogens is 3. The molecule has 0 saturated carbocycles. The van der Waals surface area contributed by atoms with Gasteiger partial charge in [0.1, 0.15) is 5.82 Å². The van der Waals surface area contributed by atoms with Gasteiger partial charge >= 0.3 is 0 Å². The van der Waals surface area contributed by atoms with Crippen LogP contribution in [0.15, 0.2) is 30.6 Å². The molecule has 1 N–H and O–H groups in total. The molecule has 0 aliphatic heterocycles. The fraction of sp³-hybridized carbons (Fsp3) is 0.182. The normalized spacial score (nSPS) is 10.1. The molecule has 0 fully saturated rings. The minimum Gasteiger partial charge on any atom is -0.311 e. The van der Waals surface area contributed by atoms with Gasteiger partial charge in [0.25, 0.3) is 0 Å². The first kappa shape index (κ1) is 10.4. The van der Waals surface area contributed by atoms with E-state index in [2.05, 4.69) is 15.4 Å². The summed E-state index contributed by atoms with van der Waals surface area (Å²) in [4.78, 5) is 14.9. The monoisotopic (exact) mass is 216 g/mol. The van der Waals surface area contributed by atoms with E-state index in [0.29, 0.717) is 5.82 Å². The van der Waals surface area contributed by atoms with Crippen molar-refractivity contribution in [2.45, 2.75) is 6.92 Å². The van der Waals surface area contributed by atoms with E-state index in [0.717, 1.165) is 11.3 Å². The van der Waals surface area contributed by atoms with E-state index in [1.165, 1.54) is 6.92 Å². The fourth-order valence-electron chi connectivity index (χ4n) is 1.37. The molecule has 0 aliphatic rings. The van der Waals surface area contributed by atoms with Crippen LogP contribution in [0.5, 0.6) is 0 Å². The zero-order chi connectivity index (χ0) is 11.5. The van der Waals surface area contributed by atoms with Gasteiger partial charge in [-0.1, -0.05) is 0 Å². The second-order valence-electron chi connectivity index (χ2n) is 3.49. The molecule has 0 atom stereocenters. The maximum absolute atomic E-state index is 10.8. The fourth-order valence-corrected chi connectivity index (χ4v) is 1.37. The Bertz CT molecular complexity index is 501. The predicted molar refractivity (Wildman–Crippen MR) is 60.7 cm³/mol. The lowest BCUT2D eigenvalue weighted by molar-refractivity contribution is -0.114. The van der Waals surface area contributed by atoms with Gasteiger partial charge in [-0.3, -0.25) is 9.48 Å². The summed E-state index contributed by atoms with van der Waals surface area (Å²) < 4.78 is 1.73. The average molecular weight is 216 g/mol.